The van der Waals surface area contributed by atoms with Crippen LogP contribution >= 0.6 is 11.8 Å². The minimum absolute atomic E-state index is 0.0574. The number of benzene rings is 1. The van der Waals surface area contributed by atoms with E-state index in [-0.39, 0.29) is 12.5 Å². The normalized spacial score (nSPS) is 10.0. The Kier molecular flexibility index (Phi) is 3.96. The van der Waals surface area contributed by atoms with Gasteiger partial charge in [0, 0.05) is 16.2 Å². The van der Waals surface area contributed by atoms with Crippen molar-refractivity contribution in [2.24, 2.45) is 0 Å². The Labute approximate surface area is 81.3 Å². The maximum atomic E-state index is 11.8. The summed E-state index contributed by atoms with van der Waals surface area (Å²) in [6.07, 6.45) is 0. The molecule has 0 N–H and O–H groups in total. The minimum atomic E-state index is -0.320. The third-order valence-electron chi connectivity index (χ3n) is 1.61. The standard InChI is InChI=1S/C10H11FOS/c1-8(12)9-2-4-10(5-3-9)13-7-6-11/h2-5H,6-7H2,1H3. The van der Waals surface area contributed by atoms with E-state index in [0.29, 0.717) is 11.3 Å². The lowest BCUT2D eigenvalue weighted by Crippen LogP contribution is -1.90. The molecule has 1 nitrogen and oxygen atoms in total. The van der Waals surface area contributed by atoms with E-state index in [1.807, 2.05) is 12.1 Å². The molecule has 0 fully saturated rings. The van der Waals surface area contributed by atoms with E-state index in [1.54, 1.807) is 12.1 Å². The van der Waals surface area contributed by atoms with E-state index >= 15 is 0 Å². The average Bonchev–Trinajstić information content (AvgIpc) is 2.15. The van der Waals surface area contributed by atoms with Gasteiger partial charge in [-0.1, -0.05) is 12.1 Å². The summed E-state index contributed by atoms with van der Waals surface area (Å²) in [5.74, 6) is 0.529. The van der Waals surface area contributed by atoms with E-state index in [1.165, 1.54) is 18.7 Å². The van der Waals surface area contributed by atoms with Crippen LogP contribution in [0.25, 0.3) is 0 Å². The molecule has 0 spiro atoms. The lowest BCUT2D eigenvalue weighted by molar-refractivity contribution is 0.101. The van der Waals surface area contributed by atoms with Crippen LogP contribution in [0.3, 0.4) is 0 Å². The highest BCUT2D eigenvalue weighted by atomic mass is 32.2. The maximum absolute atomic E-state index is 11.8. The van der Waals surface area contributed by atoms with Crippen LogP contribution in [-0.4, -0.2) is 18.2 Å². The maximum Gasteiger partial charge on any atom is 0.159 e. The SMILES string of the molecule is CC(=O)c1ccc(SCCF)cc1. The average molecular weight is 198 g/mol. The predicted molar refractivity (Wildman–Crippen MR) is 53.1 cm³/mol. The molecule has 0 atom stereocenters. The highest BCUT2D eigenvalue weighted by molar-refractivity contribution is 7.99. The summed E-state index contributed by atoms with van der Waals surface area (Å²) in [6.45, 7) is 1.21. The van der Waals surface area contributed by atoms with Crippen LogP contribution in [0.1, 0.15) is 17.3 Å². The number of hydrogen-bond acceptors (Lipinski definition) is 2. The van der Waals surface area contributed by atoms with Gasteiger partial charge in [-0.25, -0.2) is 0 Å². The molecule has 0 amide bonds. The van der Waals surface area contributed by atoms with Crippen molar-refractivity contribution in [3.8, 4) is 0 Å². The fourth-order valence-electron chi connectivity index (χ4n) is 0.942. The van der Waals surface area contributed by atoms with Crippen LogP contribution in [0.15, 0.2) is 29.2 Å². The molecular formula is C10H11FOS. The Hall–Kier alpha value is -0.830. The van der Waals surface area contributed by atoms with Crippen LogP contribution in [0.5, 0.6) is 0 Å². The number of alkyl halides is 1. The molecule has 1 rings (SSSR count). The van der Waals surface area contributed by atoms with Gasteiger partial charge in [-0.2, -0.15) is 0 Å². The van der Waals surface area contributed by atoms with Crippen LogP contribution in [0.4, 0.5) is 4.39 Å². The van der Waals surface area contributed by atoms with Gasteiger partial charge in [0.05, 0.1) is 6.67 Å². The highest BCUT2D eigenvalue weighted by Gasteiger charge is 1.98. The van der Waals surface area contributed by atoms with Gasteiger partial charge in [0.2, 0.25) is 0 Å². The fraction of sp³-hybridized carbons (Fsp3) is 0.300. The van der Waals surface area contributed by atoms with Crippen molar-refractivity contribution < 1.29 is 9.18 Å². The third-order valence-corrected chi connectivity index (χ3v) is 2.57. The number of thioether (sulfide) groups is 1. The molecule has 1 aromatic carbocycles. The number of halogens is 1. The van der Waals surface area contributed by atoms with Gasteiger partial charge in [-0.15, -0.1) is 11.8 Å². The van der Waals surface area contributed by atoms with Gasteiger partial charge in [0.15, 0.2) is 5.78 Å². The van der Waals surface area contributed by atoms with Crippen molar-refractivity contribution in [2.45, 2.75) is 11.8 Å². The fourth-order valence-corrected chi connectivity index (χ4v) is 1.58. The molecule has 0 saturated heterocycles. The van der Waals surface area contributed by atoms with Crippen molar-refractivity contribution in [2.75, 3.05) is 12.4 Å². The van der Waals surface area contributed by atoms with Crippen LogP contribution in [0.2, 0.25) is 0 Å². The van der Waals surface area contributed by atoms with Crippen molar-refractivity contribution >= 4 is 17.5 Å². The van der Waals surface area contributed by atoms with Crippen LogP contribution in [-0.2, 0) is 0 Å². The van der Waals surface area contributed by atoms with Gasteiger partial charge < -0.3 is 0 Å². The molecule has 70 valence electrons. The Morgan fingerprint density at radius 1 is 1.38 bits per heavy atom. The Morgan fingerprint density at radius 2 is 2.00 bits per heavy atom. The van der Waals surface area contributed by atoms with Gasteiger partial charge in [-0.05, 0) is 19.1 Å². The zero-order valence-electron chi connectivity index (χ0n) is 7.42. The van der Waals surface area contributed by atoms with Crippen molar-refractivity contribution in [1.82, 2.24) is 0 Å². The predicted octanol–water partition coefficient (Wildman–Crippen LogP) is 2.95. The number of hydrogen-bond donors (Lipinski definition) is 0. The largest absolute Gasteiger partial charge is 0.295 e. The van der Waals surface area contributed by atoms with Crippen LogP contribution < -0.4 is 0 Å². The number of rotatable bonds is 4. The first kappa shape index (κ1) is 10.3. The molecule has 3 heteroatoms. The summed E-state index contributed by atoms with van der Waals surface area (Å²) < 4.78 is 11.8. The minimum Gasteiger partial charge on any atom is -0.295 e. The van der Waals surface area contributed by atoms with Crippen molar-refractivity contribution in [3.05, 3.63) is 29.8 Å². The lowest BCUT2D eigenvalue weighted by Gasteiger charge is -1.99. The Bertz CT molecular complexity index is 281. The van der Waals surface area contributed by atoms with Gasteiger partial charge in [0.25, 0.3) is 0 Å². The summed E-state index contributed by atoms with van der Waals surface area (Å²) in [4.78, 5) is 11.9. The first-order valence-corrected chi connectivity index (χ1v) is 5.02. The summed E-state index contributed by atoms with van der Waals surface area (Å²) in [5, 5.41) is 0. The summed E-state index contributed by atoms with van der Waals surface area (Å²) in [7, 11) is 0. The summed E-state index contributed by atoms with van der Waals surface area (Å²) >= 11 is 1.45. The van der Waals surface area contributed by atoms with E-state index in [0.717, 1.165) is 4.90 Å². The molecule has 0 aliphatic carbocycles. The van der Waals surface area contributed by atoms with Gasteiger partial charge in [0.1, 0.15) is 0 Å². The monoisotopic (exact) mass is 198 g/mol. The lowest BCUT2D eigenvalue weighted by atomic mass is 10.2. The first-order valence-electron chi connectivity index (χ1n) is 4.04. The topological polar surface area (TPSA) is 17.1 Å². The molecule has 1 aromatic rings. The molecule has 0 radical (unpaired) electrons. The second kappa shape index (κ2) is 5.02. The molecule has 0 aliphatic rings. The molecule has 0 aliphatic heterocycles. The van der Waals surface area contributed by atoms with Crippen molar-refractivity contribution in [1.29, 1.82) is 0 Å². The molecule has 13 heavy (non-hydrogen) atoms. The van der Waals surface area contributed by atoms with E-state index in [4.69, 9.17) is 0 Å². The summed E-state index contributed by atoms with van der Waals surface area (Å²) in [6, 6.07) is 7.22. The zero-order valence-corrected chi connectivity index (χ0v) is 8.23. The van der Waals surface area contributed by atoms with Gasteiger partial charge in [-0.3, -0.25) is 9.18 Å². The quantitative estimate of drug-likeness (QED) is 0.546. The summed E-state index contributed by atoms with van der Waals surface area (Å²) in [5.41, 5.74) is 0.699. The van der Waals surface area contributed by atoms with Gasteiger partial charge >= 0.3 is 0 Å². The number of Topliss-reactive ketones (excluding diaryl/α,β-unsaturated/α-hetero) is 1. The van der Waals surface area contributed by atoms with E-state index in [9.17, 15) is 9.18 Å². The third kappa shape index (κ3) is 3.19. The zero-order chi connectivity index (χ0) is 9.68. The smallest absolute Gasteiger partial charge is 0.159 e. The van der Waals surface area contributed by atoms with E-state index < -0.39 is 0 Å². The molecular weight excluding hydrogens is 187 g/mol. The molecule has 0 bridgehead atoms. The molecule has 0 heterocycles. The van der Waals surface area contributed by atoms with Crippen LogP contribution in [0, 0.1) is 0 Å². The second-order valence-corrected chi connectivity index (χ2v) is 3.79. The molecule has 0 unspecified atom stereocenters. The molecule has 0 saturated carbocycles. The van der Waals surface area contributed by atoms with E-state index in [2.05, 4.69) is 0 Å². The highest BCUT2D eigenvalue weighted by Crippen LogP contribution is 2.18. The Balaban J connectivity index is 2.64. The number of carbonyl (C=O) groups is 1. The number of ketones is 1. The second-order valence-electron chi connectivity index (χ2n) is 2.62. The molecule has 0 aromatic heterocycles. The first-order chi connectivity index (χ1) is 6.24. The Morgan fingerprint density at radius 3 is 2.46 bits per heavy atom. The van der Waals surface area contributed by atoms with Crippen molar-refractivity contribution in [3.63, 3.8) is 0 Å². The number of carbonyl (C=O) groups excluding carboxylic acids is 1.